The van der Waals surface area contributed by atoms with Gasteiger partial charge in [-0.15, -0.1) is 5.10 Å². The van der Waals surface area contributed by atoms with Crippen molar-refractivity contribution in [2.45, 2.75) is 16.2 Å². The van der Waals surface area contributed by atoms with Crippen LogP contribution >= 0.6 is 23.4 Å². The van der Waals surface area contributed by atoms with Gasteiger partial charge in [0.15, 0.2) is 5.15 Å². The van der Waals surface area contributed by atoms with Gasteiger partial charge in [-0.1, -0.05) is 53.7 Å². The van der Waals surface area contributed by atoms with E-state index in [1.807, 2.05) is 36.4 Å². The van der Waals surface area contributed by atoms with E-state index in [2.05, 4.69) is 21.6 Å². The molecule has 0 saturated heterocycles. The van der Waals surface area contributed by atoms with Crippen LogP contribution in [0, 0.1) is 11.3 Å². The van der Waals surface area contributed by atoms with Crippen LogP contribution in [0.5, 0.6) is 0 Å². The predicted molar refractivity (Wildman–Crippen MR) is 107 cm³/mol. The first-order valence-corrected chi connectivity index (χ1v) is 9.51. The molecule has 0 unspecified atom stereocenters. The highest BCUT2D eigenvalue weighted by atomic mass is 35.5. The molecule has 0 saturated carbocycles. The Morgan fingerprint density at radius 1 is 1.21 bits per heavy atom. The zero-order valence-electron chi connectivity index (χ0n) is 14.6. The Morgan fingerprint density at radius 3 is 2.68 bits per heavy atom. The molecular formula is C20H15ClN4O2S. The second-order valence-electron chi connectivity index (χ2n) is 5.82. The first-order chi connectivity index (χ1) is 13.5. The van der Waals surface area contributed by atoms with Gasteiger partial charge in [-0.25, -0.2) is 4.79 Å². The van der Waals surface area contributed by atoms with E-state index in [4.69, 9.17) is 16.7 Å². The van der Waals surface area contributed by atoms with Crippen molar-refractivity contribution in [3.05, 3.63) is 71.0 Å². The second-order valence-corrected chi connectivity index (χ2v) is 7.32. The minimum atomic E-state index is -1.03. The van der Waals surface area contributed by atoms with E-state index in [0.29, 0.717) is 23.7 Å². The number of nitriles is 1. The molecule has 0 spiro atoms. The predicted octanol–water partition coefficient (Wildman–Crippen LogP) is 4.63. The molecule has 0 bridgehead atoms. The third kappa shape index (κ3) is 5.22. The average molecular weight is 411 g/mol. The van der Waals surface area contributed by atoms with Gasteiger partial charge in [-0.05, 0) is 41.3 Å². The summed E-state index contributed by atoms with van der Waals surface area (Å²) in [6.07, 6.45) is 1.21. The quantitative estimate of drug-likeness (QED) is 0.614. The number of amides is 1. The van der Waals surface area contributed by atoms with Crippen molar-refractivity contribution in [3.8, 4) is 17.2 Å². The normalized spacial score (nSPS) is 10.3. The van der Waals surface area contributed by atoms with Crippen LogP contribution in [0.2, 0.25) is 5.15 Å². The smallest absolute Gasteiger partial charge is 0.404 e. The average Bonchev–Trinajstić information content (AvgIpc) is 2.68. The lowest BCUT2D eigenvalue weighted by Gasteiger charge is -2.11. The zero-order valence-corrected chi connectivity index (χ0v) is 16.2. The number of nitrogens with one attached hydrogen (secondary N) is 1. The van der Waals surface area contributed by atoms with Crippen LogP contribution in [0.4, 0.5) is 4.79 Å². The van der Waals surface area contributed by atoms with Crippen molar-refractivity contribution in [1.82, 2.24) is 15.5 Å². The molecule has 0 radical (unpaired) electrons. The van der Waals surface area contributed by atoms with E-state index in [0.717, 1.165) is 26.5 Å². The van der Waals surface area contributed by atoms with Crippen LogP contribution in [-0.4, -0.2) is 27.9 Å². The third-order valence-corrected chi connectivity index (χ3v) is 5.09. The van der Waals surface area contributed by atoms with Gasteiger partial charge in [-0.3, -0.25) is 0 Å². The standard InChI is InChI=1S/C20H15ClN4O2S/c21-19-10-16(12-24-25-19)28-18-9-14(11-22)3-6-17(18)15-4-1-13(2-5-15)7-8-23-20(26)27/h1-6,9-10,12,23H,7-8H2,(H,26,27). The second kappa shape index (κ2) is 9.22. The van der Waals surface area contributed by atoms with Gasteiger partial charge >= 0.3 is 6.09 Å². The monoisotopic (exact) mass is 410 g/mol. The van der Waals surface area contributed by atoms with Crippen LogP contribution in [-0.2, 0) is 6.42 Å². The zero-order chi connectivity index (χ0) is 19.9. The summed E-state index contributed by atoms with van der Waals surface area (Å²) in [7, 11) is 0. The molecule has 8 heteroatoms. The summed E-state index contributed by atoms with van der Waals surface area (Å²) in [6, 6.07) is 17.3. The molecule has 1 heterocycles. The van der Waals surface area contributed by atoms with E-state index in [-0.39, 0.29) is 0 Å². The summed E-state index contributed by atoms with van der Waals surface area (Å²) < 4.78 is 0. The Labute approximate surface area is 171 Å². The van der Waals surface area contributed by atoms with Crippen molar-refractivity contribution in [2.24, 2.45) is 0 Å². The number of aromatic nitrogens is 2. The lowest BCUT2D eigenvalue weighted by molar-refractivity contribution is 0.194. The molecule has 140 valence electrons. The molecule has 28 heavy (non-hydrogen) atoms. The van der Waals surface area contributed by atoms with Crippen LogP contribution in [0.25, 0.3) is 11.1 Å². The maximum atomic E-state index is 10.5. The minimum absolute atomic E-state index is 0.308. The summed E-state index contributed by atoms with van der Waals surface area (Å²) in [5.41, 5.74) is 3.57. The van der Waals surface area contributed by atoms with Gasteiger partial charge in [-0.2, -0.15) is 10.4 Å². The van der Waals surface area contributed by atoms with Crippen LogP contribution in [0.15, 0.2) is 64.5 Å². The third-order valence-electron chi connectivity index (χ3n) is 3.89. The SMILES string of the molecule is N#Cc1ccc(-c2ccc(CCNC(=O)O)cc2)c(Sc2cnnc(Cl)c2)c1. The number of hydrogen-bond acceptors (Lipinski definition) is 5. The summed E-state index contributed by atoms with van der Waals surface area (Å²) in [5, 5.41) is 28.2. The number of benzene rings is 2. The summed E-state index contributed by atoms with van der Waals surface area (Å²) in [6.45, 7) is 0.364. The molecule has 3 aromatic rings. The molecule has 2 aromatic carbocycles. The van der Waals surface area contributed by atoms with E-state index in [9.17, 15) is 10.1 Å². The molecule has 0 aliphatic rings. The van der Waals surface area contributed by atoms with Gasteiger partial charge in [0, 0.05) is 16.3 Å². The molecule has 0 fully saturated rings. The Kier molecular flexibility index (Phi) is 6.48. The Balaban J connectivity index is 1.86. The maximum absolute atomic E-state index is 10.5. The first-order valence-electron chi connectivity index (χ1n) is 8.31. The largest absolute Gasteiger partial charge is 0.465 e. The molecule has 3 rings (SSSR count). The number of carbonyl (C=O) groups is 1. The highest BCUT2D eigenvalue weighted by molar-refractivity contribution is 7.99. The van der Waals surface area contributed by atoms with E-state index in [1.165, 1.54) is 11.8 Å². The van der Waals surface area contributed by atoms with E-state index in [1.54, 1.807) is 18.3 Å². The molecule has 6 nitrogen and oxygen atoms in total. The highest BCUT2D eigenvalue weighted by Gasteiger charge is 2.10. The van der Waals surface area contributed by atoms with Crippen LogP contribution < -0.4 is 5.32 Å². The minimum Gasteiger partial charge on any atom is -0.465 e. The Hall–Kier alpha value is -3.08. The van der Waals surface area contributed by atoms with Gasteiger partial charge < -0.3 is 10.4 Å². The van der Waals surface area contributed by atoms with Gasteiger partial charge in [0.1, 0.15) is 0 Å². The lowest BCUT2D eigenvalue weighted by atomic mass is 10.0. The van der Waals surface area contributed by atoms with Gasteiger partial charge in [0.2, 0.25) is 0 Å². The van der Waals surface area contributed by atoms with Crippen molar-refractivity contribution in [2.75, 3.05) is 6.54 Å². The van der Waals surface area contributed by atoms with Crippen molar-refractivity contribution >= 4 is 29.5 Å². The molecule has 0 aliphatic heterocycles. The summed E-state index contributed by atoms with van der Waals surface area (Å²) in [4.78, 5) is 12.3. The molecule has 0 aliphatic carbocycles. The van der Waals surface area contributed by atoms with E-state index >= 15 is 0 Å². The number of hydrogen-bond donors (Lipinski definition) is 2. The summed E-state index contributed by atoms with van der Waals surface area (Å²) in [5.74, 6) is 0. The number of carboxylic acid groups (broad SMARTS) is 1. The Morgan fingerprint density at radius 2 is 2.00 bits per heavy atom. The Bertz CT molecular complexity index is 1040. The fourth-order valence-electron chi connectivity index (χ4n) is 2.59. The van der Waals surface area contributed by atoms with Crippen molar-refractivity contribution in [1.29, 1.82) is 5.26 Å². The maximum Gasteiger partial charge on any atom is 0.404 e. The van der Waals surface area contributed by atoms with Crippen LogP contribution in [0.3, 0.4) is 0 Å². The van der Waals surface area contributed by atoms with Crippen LogP contribution in [0.1, 0.15) is 11.1 Å². The highest BCUT2D eigenvalue weighted by Crippen LogP contribution is 2.37. The van der Waals surface area contributed by atoms with Gasteiger partial charge in [0.25, 0.3) is 0 Å². The fourth-order valence-corrected chi connectivity index (χ4v) is 3.82. The van der Waals surface area contributed by atoms with Crippen molar-refractivity contribution < 1.29 is 9.90 Å². The molecule has 1 aromatic heterocycles. The van der Waals surface area contributed by atoms with Gasteiger partial charge in [0.05, 0.1) is 17.8 Å². The van der Waals surface area contributed by atoms with Crippen molar-refractivity contribution in [3.63, 3.8) is 0 Å². The molecular weight excluding hydrogens is 396 g/mol. The fraction of sp³-hybridized carbons (Fsp3) is 0.100. The molecule has 0 atom stereocenters. The van der Waals surface area contributed by atoms with E-state index < -0.39 is 6.09 Å². The summed E-state index contributed by atoms with van der Waals surface area (Å²) >= 11 is 7.38. The number of halogens is 1. The first kappa shape index (κ1) is 19.7. The molecule has 2 N–H and O–H groups in total. The number of rotatable bonds is 6. The topological polar surface area (TPSA) is 98.9 Å². The number of nitrogens with zero attached hydrogens (tertiary/aromatic N) is 3. The molecule has 1 amide bonds. The lowest BCUT2D eigenvalue weighted by Crippen LogP contribution is -2.23.